The van der Waals surface area contributed by atoms with E-state index in [0.717, 1.165) is 23.1 Å². The Labute approximate surface area is 169 Å². The van der Waals surface area contributed by atoms with Gasteiger partial charge < -0.3 is 10.2 Å². The summed E-state index contributed by atoms with van der Waals surface area (Å²) in [4.78, 5) is 27.6. The van der Waals surface area contributed by atoms with E-state index < -0.39 is 6.04 Å². The molecule has 1 atom stereocenters. The highest BCUT2D eigenvalue weighted by molar-refractivity contribution is 5.87. The third kappa shape index (κ3) is 6.22. The smallest absolute Gasteiger partial charge is 0.242 e. The zero-order chi connectivity index (χ0) is 20.4. The van der Waals surface area contributed by atoms with Crippen molar-refractivity contribution in [1.82, 2.24) is 10.2 Å². The molecule has 2 amide bonds. The number of hydrogen-bond acceptors (Lipinski definition) is 2. The first kappa shape index (κ1) is 21.7. The van der Waals surface area contributed by atoms with E-state index in [9.17, 15) is 9.59 Å². The lowest BCUT2D eigenvalue weighted by atomic mass is 10.0. The van der Waals surface area contributed by atoms with Crippen molar-refractivity contribution < 1.29 is 9.59 Å². The normalized spacial score (nSPS) is 11.7. The number of amides is 2. The summed E-state index contributed by atoms with van der Waals surface area (Å²) in [5.41, 5.74) is 3.35. The van der Waals surface area contributed by atoms with Gasteiger partial charge in [-0.3, -0.25) is 9.59 Å². The van der Waals surface area contributed by atoms with Crippen molar-refractivity contribution in [3.8, 4) is 0 Å². The summed E-state index contributed by atoms with van der Waals surface area (Å²) in [7, 11) is 0. The molecular weight excluding hydrogens is 348 g/mol. The minimum absolute atomic E-state index is 0.0191. The van der Waals surface area contributed by atoms with Crippen LogP contribution in [0.3, 0.4) is 0 Å². The van der Waals surface area contributed by atoms with E-state index in [1.807, 2.05) is 75.4 Å². The van der Waals surface area contributed by atoms with Crippen LogP contribution in [0.1, 0.15) is 49.8 Å². The van der Waals surface area contributed by atoms with Crippen molar-refractivity contribution in [2.45, 2.75) is 59.0 Å². The van der Waals surface area contributed by atoms with Crippen LogP contribution in [0.15, 0.2) is 54.6 Å². The quantitative estimate of drug-likeness (QED) is 0.669. The Kier molecular flexibility index (Phi) is 8.73. The van der Waals surface area contributed by atoms with E-state index in [1.54, 1.807) is 4.90 Å². The van der Waals surface area contributed by atoms with E-state index in [-0.39, 0.29) is 11.8 Å². The monoisotopic (exact) mass is 380 g/mol. The number of aryl methyl sites for hydroxylation is 2. The maximum Gasteiger partial charge on any atom is 0.242 e. The minimum Gasteiger partial charge on any atom is -0.354 e. The van der Waals surface area contributed by atoms with Crippen molar-refractivity contribution in [2.75, 3.05) is 6.54 Å². The SMILES string of the molecule is CCCNC(=O)C(CC)N(Cc1ccccc1C)C(=O)CCc1ccccc1. The van der Waals surface area contributed by atoms with Crippen LogP contribution in [0.25, 0.3) is 0 Å². The number of carbonyl (C=O) groups excluding carboxylic acids is 2. The molecule has 0 aromatic heterocycles. The Morgan fingerprint density at radius 1 is 1.00 bits per heavy atom. The number of nitrogens with one attached hydrogen (secondary N) is 1. The standard InChI is InChI=1S/C24H32N2O2/c1-4-17-25-24(28)22(5-2)26(18-21-14-10-9-11-19(21)3)23(27)16-15-20-12-7-6-8-13-20/h6-14,22H,4-5,15-18H2,1-3H3,(H,25,28). The molecule has 0 aliphatic rings. The molecular formula is C24H32N2O2. The molecule has 0 aliphatic heterocycles. The molecule has 2 aromatic carbocycles. The first-order valence-electron chi connectivity index (χ1n) is 10.2. The van der Waals surface area contributed by atoms with Crippen LogP contribution in [0.2, 0.25) is 0 Å². The number of rotatable bonds is 10. The summed E-state index contributed by atoms with van der Waals surface area (Å²) >= 11 is 0. The molecule has 150 valence electrons. The molecule has 2 aromatic rings. The summed E-state index contributed by atoms with van der Waals surface area (Å²) in [5, 5.41) is 2.96. The molecule has 0 bridgehead atoms. The second kappa shape index (κ2) is 11.3. The average molecular weight is 381 g/mol. The molecule has 1 N–H and O–H groups in total. The number of nitrogens with zero attached hydrogens (tertiary/aromatic N) is 1. The second-order valence-electron chi connectivity index (χ2n) is 7.15. The molecule has 0 radical (unpaired) electrons. The topological polar surface area (TPSA) is 49.4 Å². The van der Waals surface area contributed by atoms with Crippen LogP contribution < -0.4 is 5.32 Å². The van der Waals surface area contributed by atoms with E-state index in [4.69, 9.17) is 0 Å². The fraction of sp³-hybridized carbons (Fsp3) is 0.417. The van der Waals surface area contributed by atoms with Crippen LogP contribution >= 0.6 is 0 Å². The molecule has 2 rings (SSSR count). The van der Waals surface area contributed by atoms with E-state index in [2.05, 4.69) is 5.32 Å². The van der Waals surface area contributed by atoms with Gasteiger partial charge in [-0.05, 0) is 42.9 Å². The second-order valence-corrected chi connectivity index (χ2v) is 7.15. The highest BCUT2D eigenvalue weighted by Gasteiger charge is 2.28. The van der Waals surface area contributed by atoms with Gasteiger partial charge in [0.15, 0.2) is 0 Å². The van der Waals surface area contributed by atoms with Crippen molar-refractivity contribution >= 4 is 11.8 Å². The Bertz CT molecular complexity index is 758. The largest absolute Gasteiger partial charge is 0.354 e. The molecule has 4 heteroatoms. The first-order valence-corrected chi connectivity index (χ1v) is 10.2. The zero-order valence-electron chi connectivity index (χ0n) is 17.3. The zero-order valence-corrected chi connectivity index (χ0v) is 17.3. The summed E-state index contributed by atoms with van der Waals surface area (Å²) in [6.45, 7) is 7.12. The van der Waals surface area contributed by atoms with Crippen molar-refractivity contribution in [1.29, 1.82) is 0 Å². The Morgan fingerprint density at radius 2 is 1.68 bits per heavy atom. The van der Waals surface area contributed by atoms with Gasteiger partial charge in [-0.1, -0.05) is 68.4 Å². The molecule has 0 fully saturated rings. The van der Waals surface area contributed by atoms with Crippen molar-refractivity contribution in [3.05, 3.63) is 71.3 Å². The van der Waals surface area contributed by atoms with Crippen LogP contribution in [0, 0.1) is 6.92 Å². The van der Waals surface area contributed by atoms with Gasteiger partial charge in [0.1, 0.15) is 6.04 Å². The highest BCUT2D eigenvalue weighted by atomic mass is 16.2. The predicted octanol–water partition coefficient (Wildman–Crippen LogP) is 4.26. The van der Waals surface area contributed by atoms with E-state index >= 15 is 0 Å². The maximum absolute atomic E-state index is 13.2. The predicted molar refractivity (Wildman–Crippen MR) is 114 cm³/mol. The fourth-order valence-corrected chi connectivity index (χ4v) is 3.30. The van der Waals surface area contributed by atoms with Crippen molar-refractivity contribution in [2.24, 2.45) is 0 Å². The van der Waals surface area contributed by atoms with Gasteiger partial charge in [-0.2, -0.15) is 0 Å². The van der Waals surface area contributed by atoms with Crippen molar-refractivity contribution in [3.63, 3.8) is 0 Å². The lowest BCUT2D eigenvalue weighted by Gasteiger charge is -2.31. The third-order valence-electron chi connectivity index (χ3n) is 5.01. The number of carbonyl (C=O) groups is 2. The Balaban J connectivity index is 2.19. The Morgan fingerprint density at radius 3 is 2.32 bits per heavy atom. The van der Waals surface area contributed by atoms with Gasteiger partial charge >= 0.3 is 0 Å². The van der Waals surface area contributed by atoms with Gasteiger partial charge in [-0.25, -0.2) is 0 Å². The molecule has 0 saturated carbocycles. The fourth-order valence-electron chi connectivity index (χ4n) is 3.30. The van der Waals surface area contributed by atoms with Crippen LogP contribution in [-0.4, -0.2) is 29.3 Å². The lowest BCUT2D eigenvalue weighted by molar-refractivity contribution is -0.141. The summed E-state index contributed by atoms with van der Waals surface area (Å²) in [6.07, 6.45) is 2.55. The minimum atomic E-state index is -0.450. The van der Waals surface area contributed by atoms with Gasteiger partial charge in [0.05, 0.1) is 0 Å². The molecule has 0 heterocycles. The molecule has 1 unspecified atom stereocenters. The number of hydrogen-bond donors (Lipinski definition) is 1. The molecule has 4 nitrogen and oxygen atoms in total. The van der Waals surface area contributed by atoms with Gasteiger partial charge in [0, 0.05) is 19.5 Å². The molecule has 0 saturated heterocycles. The lowest BCUT2D eigenvalue weighted by Crippen LogP contribution is -2.49. The summed E-state index contributed by atoms with van der Waals surface area (Å²) in [5.74, 6) is -0.0448. The summed E-state index contributed by atoms with van der Waals surface area (Å²) in [6, 6.07) is 17.6. The van der Waals surface area contributed by atoms with Crippen LogP contribution in [-0.2, 0) is 22.6 Å². The van der Waals surface area contributed by atoms with E-state index in [1.165, 1.54) is 0 Å². The molecule has 28 heavy (non-hydrogen) atoms. The summed E-state index contributed by atoms with van der Waals surface area (Å²) < 4.78 is 0. The highest BCUT2D eigenvalue weighted by Crippen LogP contribution is 2.17. The van der Waals surface area contributed by atoms with Gasteiger partial charge in [0.25, 0.3) is 0 Å². The average Bonchev–Trinajstić information content (AvgIpc) is 2.72. The van der Waals surface area contributed by atoms with Gasteiger partial charge in [0.2, 0.25) is 11.8 Å². The molecule has 0 aliphatic carbocycles. The first-order chi connectivity index (χ1) is 13.6. The Hall–Kier alpha value is -2.62. The molecule has 0 spiro atoms. The maximum atomic E-state index is 13.2. The van der Waals surface area contributed by atoms with Crippen LogP contribution in [0.4, 0.5) is 0 Å². The van der Waals surface area contributed by atoms with Crippen LogP contribution in [0.5, 0.6) is 0 Å². The number of benzene rings is 2. The third-order valence-corrected chi connectivity index (χ3v) is 5.01. The van der Waals surface area contributed by atoms with Gasteiger partial charge in [-0.15, -0.1) is 0 Å². The van der Waals surface area contributed by atoms with E-state index in [0.29, 0.717) is 32.4 Å².